The molecule has 0 saturated heterocycles. The lowest BCUT2D eigenvalue weighted by Crippen LogP contribution is -2.41. The molecule has 0 bridgehead atoms. The molecule has 0 aromatic rings. The van der Waals surface area contributed by atoms with Gasteiger partial charge in [-0.05, 0) is 18.8 Å². The van der Waals surface area contributed by atoms with E-state index >= 15 is 0 Å². The second-order valence-corrected chi connectivity index (χ2v) is 6.50. The van der Waals surface area contributed by atoms with Crippen molar-refractivity contribution >= 4 is 15.8 Å². The molecule has 0 aliphatic heterocycles. The van der Waals surface area contributed by atoms with Gasteiger partial charge in [-0.3, -0.25) is 4.79 Å². The zero-order chi connectivity index (χ0) is 12.2. The Labute approximate surface area is 96.5 Å². The molecule has 1 fully saturated rings. The number of ether oxygens (including phenoxy) is 1. The number of rotatable bonds is 7. The summed E-state index contributed by atoms with van der Waals surface area (Å²) in [6.07, 6.45) is 2.01. The van der Waals surface area contributed by atoms with Crippen LogP contribution in [0.1, 0.15) is 19.8 Å². The second kappa shape index (κ2) is 5.63. The largest absolute Gasteiger partial charge is 0.468 e. The molecule has 1 aliphatic rings. The standard InChI is InChI=1S/C10H19NO4S/c1-3-16(13,14)7-6-11-9(8-4-5-8)10(12)15-2/h8-9,11H,3-7H2,1-2H3. The van der Waals surface area contributed by atoms with Gasteiger partial charge in [0.05, 0.1) is 12.9 Å². The summed E-state index contributed by atoms with van der Waals surface area (Å²) in [6, 6.07) is -0.336. The monoisotopic (exact) mass is 249 g/mol. The van der Waals surface area contributed by atoms with Gasteiger partial charge in [0.25, 0.3) is 0 Å². The number of sulfone groups is 1. The fourth-order valence-electron chi connectivity index (χ4n) is 1.51. The van der Waals surface area contributed by atoms with Gasteiger partial charge in [-0.15, -0.1) is 0 Å². The van der Waals surface area contributed by atoms with Crippen LogP contribution in [0.15, 0.2) is 0 Å². The third-order valence-corrected chi connectivity index (χ3v) is 4.47. The molecule has 1 saturated carbocycles. The summed E-state index contributed by atoms with van der Waals surface area (Å²) in [5.74, 6) is 0.234. The summed E-state index contributed by atoms with van der Waals surface area (Å²) in [5.41, 5.74) is 0. The third-order valence-electron chi connectivity index (χ3n) is 2.77. The van der Waals surface area contributed by atoms with Gasteiger partial charge < -0.3 is 10.1 Å². The van der Waals surface area contributed by atoms with Crippen molar-refractivity contribution < 1.29 is 17.9 Å². The van der Waals surface area contributed by atoms with E-state index in [0.29, 0.717) is 12.5 Å². The Balaban J connectivity index is 2.36. The second-order valence-electron chi connectivity index (χ2n) is 4.03. The fourth-order valence-corrected chi connectivity index (χ4v) is 2.23. The minimum Gasteiger partial charge on any atom is -0.468 e. The topological polar surface area (TPSA) is 72.5 Å². The number of hydrogen-bond acceptors (Lipinski definition) is 5. The van der Waals surface area contributed by atoms with Gasteiger partial charge in [0.15, 0.2) is 9.84 Å². The first kappa shape index (κ1) is 13.4. The molecular formula is C10H19NO4S. The quantitative estimate of drug-likeness (QED) is 0.641. The zero-order valence-electron chi connectivity index (χ0n) is 9.73. The Morgan fingerprint density at radius 1 is 1.50 bits per heavy atom. The van der Waals surface area contributed by atoms with E-state index in [9.17, 15) is 13.2 Å². The van der Waals surface area contributed by atoms with Crippen molar-refractivity contribution in [2.75, 3.05) is 25.2 Å². The first-order chi connectivity index (χ1) is 7.50. The number of carbonyl (C=O) groups excluding carboxylic acids is 1. The maximum atomic E-state index is 11.4. The van der Waals surface area contributed by atoms with E-state index in [-0.39, 0.29) is 23.5 Å². The third kappa shape index (κ3) is 4.09. The van der Waals surface area contributed by atoms with E-state index in [1.54, 1.807) is 6.92 Å². The van der Waals surface area contributed by atoms with Gasteiger partial charge in [0, 0.05) is 12.3 Å². The molecule has 0 spiro atoms. The van der Waals surface area contributed by atoms with Crippen LogP contribution in [0.2, 0.25) is 0 Å². The summed E-state index contributed by atoms with van der Waals surface area (Å²) in [5, 5.41) is 2.97. The van der Waals surface area contributed by atoms with Crippen molar-refractivity contribution in [2.24, 2.45) is 5.92 Å². The average molecular weight is 249 g/mol. The molecule has 0 amide bonds. The van der Waals surface area contributed by atoms with Crippen LogP contribution in [0.4, 0.5) is 0 Å². The lowest BCUT2D eigenvalue weighted by Gasteiger charge is -2.15. The van der Waals surface area contributed by atoms with Gasteiger partial charge in [-0.25, -0.2) is 8.42 Å². The summed E-state index contributed by atoms with van der Waals surface area (Å²) in [7, 11) is -1.62. The lowest BCUT2D eigenvalue weighted by atomic mass is 10.2. The average Bonchev–Trinajstić information content (AvgIpc) is 3.07. The predicted molar refractivity (Wildman–Crippen MR) is 60.9 cm³/mol. The Morgan fingerprint density at radius 2 is 2.12 bits per heavy atom. The van der Waals surface area contributed by atoms with Gasteiger partial charge in [0.1, 0.15) is 6.04 Å². The van der Waals surface area contributed by atoms with E-state index in [1.807, 2.05) is 0 Å². The van der Waals surface area contributed by atoms with Crippen LogP contribution in [-0.2, 0) is 19.4 Å². The molecule has 5 nitrogen and oxygen atoms in total. The maximum Gasteiger partial charge on any atom is 0.323 e. The molecule has 6 heteroatoms. The Kier molecular flexibility index (Phi) is 4.73. The molecule has 94 valence electrons. The number of esters is 1. The Bertz CT molecular complexity index is 335. The number of carbonyl (C=O) groups is 1. The van der Waals surface area contributed by atoms with Gasteiger partial charge >= 0.3 is 5.97 Å². The molecule has 0 heterocycles. The van der Waals surface area contributed by atoms with Gasteiger partial charge in [0.2, 0.25) is 0 Å². The van der Waals surface area contributed by atoms with Crippen LogP contribution in [0, 0.1) is 5.92 Å². The van der Waals surface area contributed by atoms with E-state index in [2.05, 4.69) is 10.1 Å². The summed E-state index contributed by atoms with van der Waals surface area (Å²) in [4.78, 5) is 11.4. The summed E-state index contributed by atoms with van der Waals surface area (Å²) < 4.78 is 27.2. The molecule has 16 heavy (non-hydrogen) atoms. The minimum absolute atomic E-state index is 0.0731. The maximum absolute atomic E-state index is 11.4. The highest BCUT2D eigenvalue weighted by molar-refractivity contribution is 7.91. The normalized spacial score (nSPS) is 18.1. The van der Waals surface area contributed by atoms with E-state index in [0.717, 1.165) is 12.8 Å². The highest BCUT2D eigenvalue weighted by atomic mass is 32.2. The van der Waals surface area contributed by atoms with Crippen LogP contribution in [0.3, 0.4) is 0 Å². The molecule has 1 rings (SSSR count). The Hall–Kier alpha value is -0.620. The summed E-state index contributed by atoms with van der Waals surface area (Å²) >= 11 is 0. The SMILES string of the molecule is CCS(=O)(=O)CCNC(C(=O)OC)C1CC1. The number of nitrogens with one attached hydrogen (secondary N) is 1. The molecular weight excluding hydrogens is 230 g/mol. The smallest absolute Gasteiger partial charge is 0.323 e. The minimum atomic E-state index is -2.97. The first-order valence-corrected chi connectivity index (χ1v) is 7.34. The summed E-state index contributed by atoms with van der Waals surface area (Å²) in [6.45, 7) is 1.93. The van der Waals surface area contributed by atoms with Crippen molar-refractivity contribution in [3.63, 3.8) is 0 Å². The van der Waals surface area contributed by atoms with E-state index in [1.165, 1.54) is 7.11 Å². The Morgan fingerprint density at radius 3 is 2.56 bits per heavy atom. The molecule has 1 atom stereocenters. The van der Waals surface area contributed by atoms with Crippen LogP contribution < -0.4 is 5.32 Å². The van der Waals surface area contributed by atoms with Gasteiger partial charge in [-0.2, -0.15) is 0 Å². The highest BCUT2D eigenvalue weighted by Crippen LogP contribution is 2.33. The highest BCUT2D eigenvalue weighted by Gasteiger charge is 2.36. The van der Waals surface area contributed by atoms with Crippen LogP contribution in [0.25, 0.3) is 0 Å². The predicted octanol–water partition coefficient (Wildman–Crippen LogP) is -0.0377. The molecule has 0 aromatic heterocycles. The van der Waals surface area contributed by atoms with Crippen LogP contribution >= 0.6 is 0 Å². The van der Waals surface area contributed by atoms with Crippen molar-refractivity contribution in [3.05, 3.63) is 0 Å². The van der Waals surface area contributed by atoms with E-state index in [4.69, 9.17) is 0 Å². The van der Waals surface area contributed by atoms with E-state index < -0.39 is 9.84 Å². The molecule has 1 unspecified atom stereocenters. The van der Waals surface area contributed by atoms with Crippen molar-refractivity contribution in [2.45, 2.75) is 25.8 Å². The van der Waals surface area contributed by atoms with Gasteiger partial charge in [-0.1, -0.05) is 6.92 Å². The van der Waals surface area contributed by atoms with Crippen LogP contribution in [0.5, 0.6) is 0 Å². The zero-order valence-corrected chi connectivity index (χ0v) is 10.5. The number of hydrogen-bond donors (Lipinski definition) is 1. The van der Waals surface area contributed by atoms with Crippen molar-refractivity contribution in [3.8, 4) is 0 Å². The lowest BCUT2D eigenvalue weighted by molar-refractivity contribution is -0.143. The fraction of sp³-hybridized carbons (Fsp3) is 0.900. The molecule has 0 aromatic carbocycles. The first-order valence-electron chi connectivity index (χ1n) is 5.52. The van der Waals surface area contributed by atoms with Crippen molar-refractivity contribution in [1.82, 2.24) is 5.32 Å². The number of methoxy groups -OCH3 is 1. The van der Waals surface area contributed by atoms with Crippen LogP contribution in [-0.4, -0.2) is 45.6 Å². The molecule has 1 aliphatic carbocycles. The van der Waals surface area contributed by atoms with Crippen molar-refractivity contribution in [1.29, 1.82) is 0 Å². The molecule has 1 N–H and O–H groups in total. The molecule has 0 radical (unpaired) electrons.